The van der Waals surface area contributed by atoms with Crippen molar-refractivity contribution < 1.29 is 14.3 Å². The van der Waals surface area contributed by atoms with Crippen molar-refractivity contribution in [3.05, 3.63) is 65.4 Å². The van der Waals surface area contributed by atoms with Crippen LogP contribution in [0.1, 0.15) is 101 Å². The van der Waals surface area contributed by atoms with Crippen molar-refractivity contribution in [3.63, 3.8) is 0 Å². The van der Waals surface area contributed by atoms with Crippen molar-refractivity contribution >= 4 is 23.1 Å². The second-order valence-electron chi connectivity index (χ2n) is 15.1. The van der Waals surface area contributed by atoms with Crippen molar-refractivity contribution in [2.24, 2.45) is 0 Å². The molecule has 2 aliphatic rings. The summed E-state index contributed by atoms with van der Waals surface area (Å²) < 4.78 is 7.48. The Balaban J connectivity index is 1.14. The van der Waals surface area contributed by atoms with E-state index >= 15 is 0 Å². The van der Waals surface area contributed by atoms with E-state index in [1.54, 1.807) is 6.20 Å². The summed E-state index contributed by atoms with van der Waals surface area (Å²) in [4.78, 5) is 36.4. The molecule has 260 valence electrons. The number of hydrogen-bond acceptors (Lipinski definition) is 9. The van der Waals surface area contributed by atoms with Crippen LogP contribution < -0.4 is 5.32 Å². The van der Waals surface area contributed by atoms with Crippen LogP contribution in [0.2, 0.25) is 0 Å². The fourth-order valence-corrected chi connectivity index (χ4v) is 6.52. The Morgan fingerprint density at radius 1 is 1.04 bits per heavy atom. The Morgan fingerprint density at radius 3 is 2.43 bits per heavy atom. The Hall–Kier alpha value is -4.65. The highest BCUT2D eigenvalue weighted by atomic mass is 16.6. The van der Waals surface area contributed by atoms with Gasteiger partial charge in [-0.2, -0.15) is 9.90 Å². The zero-order valence-corrected chi connectivity index (χ0v) is 29.9. The van der Waals surface area contributed by atoms with Crippen molar-refractivity contribution in [2.45, 2.75) is 97.9 Å². The number of carbonyl (C=O) groups is 2. The van der Waals surface area contributed by atoms with E-state index in [0.29, 0.717) is 19.1 Å². The summed E-state index contributed by atoms with van der Waals surface area (Å²) in [5.74, 6) is -0.323. The van der Waals surface area contributed by atoms with Gasteiger partial charge in [-0.25, -0.2) is 14.3 Å². The number of benzene rings is 1. The van der Waals surface area contributed by atoms with Gasteiger partial charge in [-0.15, -0.1) is 10.2 Å². The molecule has 0 unspecified atom stereocenters. The lowest BCUT2D eigenvalue weighted by atomic mass is 9.97. The molecule has 4 aromatic rings. The second kappa shape index (κ2) is 13.3. The molecule has 0 spiro atoms. The van der Waals surface area contributed by atoms with Gasteiger partial charge < -0.3 is 15.0 Å². The minimum Gasteiger partial charge on any atom is -0.444 e. The maximum absolute atomic E-state index is 12.9. The van der Waals surface area contributed by atoms with Gasteiger partial charge in [-0.05, 0) is 109 Å². The van der Waals surface area contributed by atoms with Crippen LogP contribution in [-0.2, 0) is 10.3 Å². The third kappa shape index (κ3) is 7.66. The van der Waals surface area contributed by atoms with Crippen LogP contribution in [0.3, 0.4) is 0 Å². The van der Waals surface area contributed by atoms with Crippen molar-refractivity contribution in [1.82, 2.24) is 49.9 Å². The van der Waals surface area contributed by atoms with E-state index in [1.165, 1.54) is 10.4 Å². The number of amides is 2. The fourth-order valence-electron chi connectivity index (χ4n) is 6.52. The smallest absolute Gasteiger partial charge is 0.410 e. The van der Waals surface area contributed by atoms with Crippen LogP contribution in [0.5, 0.6) is 0 Å². The average Bonchev–Trinajstić information content (AvgIpc) is 3.74. The maximum atomic E-state index is 12.9. The number of likely N-dealkylation sites (tertiary alicyclic amines) is 1. The molecule has 0 saturated carbocycles. The number of piperidine rings is 1. The summed E-state index contributed by atoms with van der Waals surface area (Å²) >= 11 is 0. The number of carbonyl (C=O) groups excluding carboxylic acids is 2. The van der Waals surface area contributed by atoms with Gasteiger partial charge in [0.15, 0.2) is 0 Å². The molecule has 1 aromatic carbocycles. The van der Waals surface area contributed by atoms with Crippen LogP contribution >= 0.6 is 0 Å². The van der Waals surface area contributed by atoms with E-state index in [0.717, 1.165) is 65.9 Å². The lowest BCUT2D eigenvalue weighted by Crippen LogP contribution is -2.48. The Bertz CT molecular complexity index is 1870. The van der Waals surface area contributed by atoms with Crippen molar-refractivity contribution in [3.8, 4) is 11.3 Å². The molecular formula is C36H48N10O3. The number of hydrogen-bond donors (Lipinski definition) is 1. The molecule has 1 saturated heterocycles. The topological polar surface area (TPSA) is 136 Å². The van der Waals surface area contributed by atoms with Gasteiger partial charge >= 0.3 is 6.09 Å². The van der Waals surface area contributed by atoms with Gasteiger partial charge in [0.2, 0.25) is 0 Å². The van der Waals surface area contributed by atoms with E-state index in [2.05, 4.69) is 48.9 Å². The molecule has 13 heteroatoms. The van der Waals surface area contributed by atoms with Crippen LogP contribution in [0.15, 0.2) is 42.7 Å². The molecule has 1 atom stereocenters. The zero-order chi connectivity index (χ0) is 35.1. The number of ether oxygens (including phenoxy) is 1. The third-order valence-corrected chi connectivity index (χ3v) is 9.17. The summed E-state index contributed by atoms with van der Waals surface area (Å²) in [6, 6.07) is 8.37. The molecule has 1 N–H and O–H groups in total. The predicted molar refractivity (Wildman–Crippen MR) is 187 cm³/mol. The molecular weight excluding hydrogens is 620 g/mol. The molecule has 1 fully saturated rings. The Labute approximate surface area is 287 Å². The number of tetrazole rings is 1. The van der Waals surface area contributed by atoms with E-state index in [-0.39, 0.29) is 29.4 Å². The number of rotatable bonds is 6. The molecule has 6 rings (SSSR count). The second-order valence-corrected chi connectivity index (χ2v) is 15.1. The number of nitrogens with one attached hydrogen (secondary N) is 1. The van der Waals surface area contributed by atoms with Crippen LogP contribution in [0.4, 0.5) is 4.79 Å². The number of nitrogens with zero attached hydrogens (tertiary/aromatic N) is 9. The maximum Gasteiger partial charge on any atom is 0.410 e. The minimum atomic E-state index is -0.482. The van der Waals surface area contributed by atoms with E-state index in [9.17, 15) is 9.59 Å². The predicted octanol–water partition coefficient (Wildman–Crippen LogP) is 5.43. The normalized spacial score (nSPS) is 17.2. The first kappa shape index (κ1) is 34.2. The summed E-state index contributed by atoms with van der Waals surface area (Å²) in [5, 5.41) is 19.8. The van der Waals surface area contributed by atoms with E-state index in [1.807, 2.05) is 83.1 Å². The molecule has 2 amide bonds. The zero-order valence-electron chi connectivity index (χ0n) is 29.9. The summed E-state index contributed by atoms with van der Waals surface area (Å²) in [6.07, 6.45) is 8.66. The monoisotopic (exact) mass is 668 g/mol. The van der Waals surface area contributed by atoms with Crippen LogP contribution in [-0.4, -0.2) is 94.4 Å². The Morgan fingerprint density at radius 2 is 1.80 bits per heavy atom. The summed E-state index contributed by atoms with van der Waals surface area (Å²) in [5.41, 5.74) is 6.09. The lowest BCUT2D eigenvalue weighted by Gasteiger charge is -2.40. The highest BCUT2D eigenvalue weighted by Gasteiger charge is 2.30. The molecule has 3 aromatic heterocycles. The first-order valence-corrected chi connectivity index (χ1v) is 17.1. The summed E-state index contributed by atoms with van der Waals surface area (Å²) in [6.45, 7) is 18.8. The SMILES string of the molecule is Cc1cc(-c2nc(C3=CCN(C4CCN(C(=O)OC(C)(C)C)CC4)CC3)cn3nccc23)ccc1[C@@H](C)NC(=O)c1nnn(C(C)(C)C)n1. The van der Waals surface area contributed by atoms with Crippen LogP contribution in [0, 0.1) is 6.92 Å². The fraction of sp³-hybridized carbons (Fsp3) is 0.528. The highest BCUT2D eigenvalue weighted by Crippen LogP contribution is 2.31. The van der Waals surface area contributed by atoms with Gasteiger partial charge in [-0.3, -0.25) is 9.69 Å². The van der Waals surface area contributed by atoms with Gasteiger partial charge in [0.25, 0.3) is 11.7 Å². The van der Waals surface area contributed by atoms with E-state index in [4.69, 9.17) is 9.72 Å². The largest absolute Gasteiger partial charge is 0.444 e. The quantitative estimate of drug-likeness (QED) is 0.286. The Kier molecular flexibility index (Phi) is 9.31. The molecule has 0 aliphatic carbocycles. The minimum absolute atomic E-state index is 0.0453. The number of aromatic nitrogens is 7. The van der Waals surface area contributed by atoms with Gasteiger partial charge in [0.05, 0.1) is 40.9 Å². The molecule has 49 heavy (non-hydrogen) atoms. The number of fused-ring (bicyclic) bond motifs is 1. The first-order chi connectivity index (χ1) is 23.2. The van der Waals surface area contributed by atoms with Crippen molar-refractivity contribution in [2.75, 3.05) is 26.2 Å². The van der Waals surface area contributed by atoms with E-state index < -0.39 is 5.60 Å². The summed E-state index contributed by atoms with van der Waals surface area (Å²) in [7, 11) is 0. The molecule has 0 bridgehead atoms. The third-order valence-electron chi connectivity index (χ3n) is 9.17. The molecule has 0 radical (unpaired) electrons. The average molecular weight is 669 g/mol. The molecule has 13 nitrogen and oxygen atoms in total. The molecule has 2 aliphatic heterocycles. The highest BCUT2D eigenvalue weighted by molar-refractivity contribution is 5.90. The van der Waals surface area contributed by atoms with Crippen molar-refractivity contribution in [1.29, 1.82) is 0 Å². The van der Waals surface area contributed by atoms with Gasteiger partial charge in [-0.1, -0.05) is 18.2 Å². The number of aryl methyl sites for hydroxylation is 1. The van der Waals surface area contributed by atoms with Crippen LogP contribution in [0.25, 0.3) is 22.3 Å². The molecule has 5 heterocycles. The van der Waals surface area contributed by atoms with Gasteiger partial charge in [0.1, 0.15) is 5.60 Å². The first-order valence-electron chi connectivity index (χ1n) is 17.1. The lowest BCUT2D eigenvalue weighted by molar-refractivity contribution is 0.0149. The van der Waals surface area contributed by atoms with Gasteiger partial charge in [0, 0.05) is 37.8 Å². The standard InChI is InChI=1S/C36H48N10O3/c1-23-21-26(9-10-28(23)24(2)38-33(47)32-40-42-46(41-32)35(3,4)5)31-30-11-16-37-45(30)22-29(39-31)25-12-17-43(18-13-25)27-14-19-44(20-15-27)34(48)49-36(6,7)8/h9-12,16,21-22,24,27H,13-15,17-20H2,1-8H3,(H,38,47)/t24-/m1/s1.